The number of hydrogen-bond donors (Lipinski definition) is 0. The van der Waals surface area contributed by atoms with E-state index in [-0.39, 0.29) is 0 Å². The van der Waals surface area contributed by atoms with Crippen LogP contribution in [0.25, 0.3) is 0 Å². The molecular formula is C10H18O5S. The van der Waals surface area contributed by atoms with Crippen LogP contribution in [0, 0.1) is 11.8 Å². The molecule has 1 unspecified atom stereocenters. The second-order valence-corrected chi connectivity index (χ2v) is 4.57. The van der Waals surface area contributed by atoms with Crippen LogP contribution in [0.3, 0.4) is 0 Å². The lowest BCUT2D eigenvalue weighted by Crippen LogP contribution is -2.17. The van der Waals surface area contributed by atoms with E-state index >= 15 is 0 Å². The molecule has 0 saturated carbocycles. The first kappa shape index (κ1) is 15.4. The minimum Gasteiger partial charge on any atom is -0.342 e. The zero-order valence-electron chi connectivity index (χ0n) is 10.0. The van der Waals surface area contributed by atoms with Gasteiger partial charge in [0.1, 0.15) is 6.10 Å². The molecule has 0 aromatic rings. The predicted molar refractivity (Wildman–Crippen MR) is 60.2 cm³/mol. The maximum absolute atomic E-state index is 10.8. The highest BCUT2D eigenvalue weighted by Crippen LogP contribution is 1.97. The van der Waals surface area contributed by atoms with Gasteiger partial charge in [-0.2, -0.15) is 8.42 Å². The molecule has 0 aromatic heterocycles. The lowest BCUT2D eigenvalue weighted by molar-refractivity contribution is -0.0971. The van der Waals surface area contributed by atoms with Crippen molar-refractivity contribution in [3.05, 3.63) is 0 Å². The summed E-state index contributed by atoms with van der Waals surface area (Å²) in [7, 11) is -3.48. The van der Waals surface area contributed by atoms with E-state index in [1.165, 1.54) is 0 Å². The van der Waals surface area contributed by atoms with Gasteiger partial charge in [0.2, 0.25) is 6.29 Å². The molecule has 1 atom stereocenters. The van der Waals surface area contributed by atoms with E-state index in [9.17, 15) is 8.42 Å². The van der Waals surface area contributed by atoms with Gasteiger partial charge in [-0.3, -0.25) is 4.18 Å². The Morgan fingerprint density at radius 1 is 1.12 bits per heavy atom. The molecule has 0 saturated heterocycles. The molecule has 0 spiro atoms. The van der Waals surface area contributed by atoms with E-state index in [4.69, 9.17) is 9.47 Å². The van der Waals surface area contributed by atoms with Crippen molar-refractivity contribution in [3.63, 3.8) is 0 Å². The van der Waals surface area contributed by atoms with Crippen molar-refractivity contribution >= 4 is 10.1 Å². The van der Waals surface area contributed by atoms with Crippen molar-refractivity contribution in [1.82, 2.24) is 0 Å². The van der Waals surface area contributed by atoms with Crippen molar-refractivity contribution in [2.45, 2.75) is 33.2 Å². The molecule has 94 valence electrons. The van der Waals surface area contributed by atoms with E-state index in [0.29, 0.717) is 13.2 Å². The summed E-state index contributed by atoms with van der Waals surface area (Å²) in [6.45, 7) is 6.14. The first-order valence-electron chi connectivity index (χ1n) is 5.01. The highest BCUT2D eigenvalue weighted by atomic mass is 32.2. The third-order valence-electron chi connectivity index (χ3n) is 1.36. The van der Waals surface area contributed by atoms with Crippen LogP contribution in [0.15, 0.2) is 0 Å². The Kier molecular flexibility index (Phi) is 7.34. The predicted octanol–water partition coefficient (Wildman–Crippen LogP) is 0.754. The monoisotopic (exact) mass is 250 g/mol. The normalized spacial score (nSPS) is 13.3. The molecule has 0 aliphatic carbocycles. The largest absolute Gasteiger partial charge is 0.342 e. The molecular weight excluding hydrogens is 232 g/mol. The third kappa shape index (κ3) is 8.68. The molecule has 0 fully saturated rings. The van der Waals surface area contributed by atoms with E-state index in [0.717, 1.165) is 6.26 Å². The van der Waals surface area contributed by atoms with E-state index in [1.807, 2.05) is 13.8 Å². The van der Waals surface area contributed by atoms with Gasteiger partial charge in [-0.1, -0.05) is 5.92 Å². The third-order valence-corrected chi connectivity index (χ3v) is 2.00. The average molecular weight is 250 g/mol. The fourth-order valence-corrected chi connectivity index (χ4v) is 1.48. The molecule has 16 heavy (non-hydrogen) atoms. The van der Waals surface area contributed by atoms with Gasteiger partial charge in [-0.05, 0) is 26.7 Å². The Labute approximate surface area is 97.2 Å². The lowest BCUT2D eigenvalue weighted by atomic mass is 10.4. The molecule has 0 rings (SSSR count). The van der Waals surface area contributed by atoms with E-state index in [2.05, 4.69) is 16.0 Å². The molecule has 0 amide bonds. The van der Waals surface area contributed by atoms with Gasteiger partial charge in [0.15, 0.2) is 0 Å². The first-order chi connectivity index (χ1) is 7.39. The fourth-order valence-electron chi connectivity index (χ4n) is 0.906. The van der Waals surface area contributed by atoms with Gasteiger partial charge in [0, 0.05) is 13.2 Å². The van der Waals surface area contributed by atoms with Crippen molar-refractivity contribution < 1.29 is 22.1 Å². The average Bonchev–Trinajstić information content (AvgIpc) is 2.12. The van der Waals surface area contributed by atoms with Gasteiger partial charge in [-0.25, -0.2) is 0 Å². The first-order valence-corrected chi connectivity index (χ1v) is 6.83. The molecule has 0 bridgehead atoms. The second-order valence-electron chi connectivity index (χ2n) is 2.97. The second kappa shape index (κ2) is 7.63. The smallest absolute Gasteiger partial charge is 0.265 e. The summed E-state index contributed by atoms with van der Waals surface area (Å²) in [5, 5.41) is 0. The maximum atomic E-state index is 10.8. The summed E-state index contributed by atoms with van der Waals surface area (Å²) in [5.41, 5.74) is 0. The molecule has 6 heteroatoms. The van der Waals surface area contributed by atoms with E-state index < -0.39 is 22.5 Å². The number of ether oxygens (including phenoxy) is 2. The van der Waals surface area contributed by atoms with Crippen molar-refractivity contribution in [2.24, 2.45) is 0 Å². The Hall–Kier alpha value is -0.610. The summed E-state index contributed by atoms with van der Waals surface area (Å²) >= 11 is 0. The highest BCUT2D eigenvalue weighted by Gasteiger charge is 2.08. The van der Waals surface area contributed by atoms with Gasteiger partial charge in [0.25, 0.3) is 10.1 Å². The standard InChI is InChI=1S/C10H18O5S/c1-5-13-10(14-6-2)8-7-9(3)15-16(4,11)12/h9-10H,5-6H2,1-4H3. The zero-order chi connectivity index (χ0) is 12.6. The van der Waals surface area contributed by atoms with Crippen molar-refractivity contribution in [3.8, 4) is 11.8 Å². The van der Waals surface area contributed by atoms with Crippen molar-refractivity contribution in [1.29, 1.82) is 0 Å². The SMILES string of the molecule is CCOC(C#CC(C)OS(C)(=O)=O)OCC. The van der Waals surface area contributed by atoms with Crippen LogP contribution >= 0.6 is 0 Å². The Balaban J connectivity index is 4.31. The summed E-state index contributed by atoms with van der Waals surface area (Å²) in [4.78, 5) is 0. The van der Waals surface area contributed by atoms with Crippen LogP contribution in [0.4, 0.5) is 0 Å². The molecule has 0 N–H and O–H groups in total. The summed E-state index contributed by atoms with van der Waals surface area (Å²) in [6.07, 6.45) is -0.368. The van der Waals surface area contributed by atoms with Crippen LogP contribution < -0.4 is 0 Å². The Bertz CT molecular complexity index is 332. The maximum Gasteiger partial charge on any atom is 0.265 e. The van der Waals surface area contributed by atoms with Crippen LogP contribution in [-0.2, 0) is 23.8 Å². The molecule has 0 heterocycles. The summed E-state index contributed by atoms with van der Waals surface area (Å²) in [5.74, 6) is 5.27. The van der Waals surface area contributed by atoms with Crippen molar-refractivity contribution in [2.75, 3.05) is 19.5 Å². The van der Waals surface area contributed by atoms with Gasteiger partial charge < -0.3 is 9.47 Å². The number of rotatable bonds is 6. The number of hydrogen-bond acceptors (Lipinski definition) is 5. The zero-order valence-corrected chi connectivity index (χ0v) is 10.8. The van der Waals surface area contributed by atoms with Crippen LogP contribution in [0.5, 0.6) is 0 Å². The van der Waals surface area contributed by atoms with Gasteiger partial charge >= 0.3 is 0 Å². The topological polar surface area (TPSA) is 61.8 Å². The fraction of sp³-hybridized carbons (Fsp3) is 0.800. The van der Waals surface area contributed by atoms with Crippen LogP contribution in [-0.4, -0.2) is 40.3 Å². The minimum atomic E-state index is -3.48. The molecule has 0 aliphatic rings. The molecule has 0 aromatic carbocycles. The molecule has 0 radical (unpaired) electrons. The molecule has 5 nitrogen and oxygen atoms in total. The van der Waals surface area contributed by atoms with E-state index in [1.54, 1.807) is 6.92 Å². The quantitative estimate of drug-likeness (QED) is 0.395. The summed E-state index contributed by atoms with van der Waals surface area (Å²) in [6, 6.07) is 0. The lowest BCUT2D eigenvalue weighted by Gasteiger charge is -2.10. The minimum absolute atomic E-state index is 0.473. The Morgan fingerprint density at radius 2 is 1.62 bits per heavy atom. The Morgan fingerprint density at radius 3 is 2.00 bits per heavy atom. The molecule has 0 aliphatic heterocycles. The van der Waals surface area contributed by atoms with Crippen LogP contribution in [0.2, 0.25) is 0 Å². The summed E-state index contributed by atoms with van der Waals surface area (Å²) < 4.78 is 36.5. The van der Waals surface area contributed by atoms with Gasteiger partial charge in [0.05, 0.1) is 6.26 Å². The van der Waals surface area contributed by atoms with Crippen LogP contribution in [0.1, 0.15) is 20.8 Å². The van der Waals surface area contributed by atoms with Gasteiger partial charge in [-0.15, -0.1) is 0 Å². The highest BCUT2D eigenvalue weighted by molar-refractivity contribution is 7.86.